The lowest BCUT2D eigenvalue weighted by molar-refractivity contribution is -0.164. The molecule has 1 fully saturated rings. The van der Waals surface area contributed by atoms with E-state index in [1.807, 2.05) is 0 Å². The molecular formula is C12H21NO4. The van der Waals surface area contributed by atoms with Crippen LogP contribution < -0.4 is 5.73 Å². The Kier molecular flexibility index (Phi) is 3.52. The number of carboxylic acid groups (broad SMARTS) is 1. The van der Waals surface area contributed by atoms with Crippen LogP contribution in [0.3, 0.4) is 0 Å². The van der Waals surface area contributed by atoms with Crippen molar-refractivity contribution < 1.29 is 19.4 Å². The summed E-state index contributed by atoms with van der Waals surface area (Å²) in [5.74, 6) is -2.56. The predicted molar refractivity (Wildman–Crippen MR) is 62.3 cm³/mol. The highest BCUT2D eigenvalue weighted by Crippen LogP contribution is 2.36. The zero-order valence-electron chi connectivity index (χ0n) is 10.8. The molecule has 1 saturated carbocycles. The van der Waals surface area contributed by atoms with Crippen molar-refractivity contribution >= 4 is 11.9 Å². The predicted octanol–water partition coefficient (Wildman–Crippen LogP) is 1.16. The van der Waals surface area contributed by atoms with E-state index < -0.39 is 28.8 Å². The van der Waals surface area contributed by atoms with Crippen molar-refractivity contribution in [2.75, 3.05) is 0 Å². The Morgan fingerprint density at radius 2 is 1.76 bits per heavy atom. The van der Waals surface area contributed by atoms with Crippen molar-refractivity contribution in [1.82, 2.24) is 0 Å². The Balaban J connectivity index is 2.94. The molecule has 2 atom stereocenters. The zero-order valence-corrected chi connectivity index (χ0v) is 10.8. The molecule has 0 spiro atoms. The molecule has 0 radical (unpaired) electrons. The highest BCUT2D eigenvalue weighted by molar-refractivity contribution is 5.87. The van der Waals surface area contributed by atoms with Gasteiger partial charge in [0.15, 0.2) is 0 Å². The zero-order chi connectivity index (χ0) is 13.4. The normalized spacial score (nSPS) is 21.5. The molecule has 17 heavy (non-hydrogen) atoms. The molecule has 98 valence electrons. The van der Waals surface area contributed by atoms with Gasteiger partial charge in [0.2, 0.25) is 0 Å². The van der Waals surface area contributed by atoms with Gasteiger partial charge in [0, 0.05) is 0 Å². The third-order valence-corrected chi connectivity index (χ3v) is 2.97. The molecule has 5 nitrogen and oxygen atoms in total. The van der Waals surface area contributed by atoms with Crippen molar-refractivity contribution in [2.24, 2.45) is 17.1 Å². The number of esters is 1. The Morgan fingerprint density at radius 1 is 1.29 bits per heavy atom. The number of carbonyl (C=O) groups excluding carboxylic acids is 1. The maximum absolute atomic E-state index is 12.0. The molecule has 3 N–H and O–H groups in total. The van der Waals surface area contributed by atoms with Crippen LogP contribution >= 0.6 is 0 Å². The van der Waals surface area contributed by atoms with Crippen LogP contribution in [0.4, 0.5) is 0 Å². The molecular weight excluding hydrogens is 222 g/mol. The second-order valence-electron chi connectivity index (χ2n) is 6.02. The molecule has 1 aliphatic carbocycles. The number of hydrogen-bond donors (Lipinski definition) is 2. The molecule has 0 saturated heterocycles. The van der Waals surface area contributed by atoms with Gasteiger partial charge in [0.1, 0.15) is 11.6 Å². The molecule has 0 aromatic carbocycles. The lowest BCUT2D eigenvalue weighted by Crippen LogP contribution is -2.58. The molecule has 0 amide bonds. The van der Waals surface area contributed by atoms with E-state index in [1.165, 1.54) is 6.92 Å². The number of aliphatic carboxylic acids is 1. The fourth-order valence-electron chi connectivity index (χ4n) is 2.04. The monoisotopic (exact) mass is 243 g/mol. The van der Waals surface area contributed by atoms with Gasteiger partial charge in [0.25, 0.3) is 0 Å². The van der Waals surface area contributed by atoms with Crippen LogP contribution in [0.25, 0.3) is 0 Å². The van der Waals surface area contributed by atoms with Crippen LogP contribution in [0.1, 0.15) is 40.5 Å². The fourth-order valence-corrected chi connectivity index (χ4v) is 2.04. The van der Waals surface area contributed by atoms with Crippen molar-refractivity contribution in [3.8, 4) is 0 Å². The molecule has 0 aromatic rings. The number of carbonyl (C=O) groups is 2. The summed E-state index contributed by atoms with van der Waals surface area (Å²) in [7, 11) is 0. The fraction of sp³-hybridized carbons (Fsp3) is 0.833. The standard InChI is InChI=1S/C12H21NO4/c1-11(2,3)8(12(4,13)10(15)16)9(14)17-7-5-6-7/h7-8H,5-6,13H2,1-4H3,(H,15,16)/t8?,12-/m0/s1. The van der Waals surface area contributed by atoms with Crippen LogP contribution in [-0.4, -0.2) is 28.7 Å². The van der Waals surface area contributed by atoms with E-state index in [-0.39, 0.29) is 6.10 Å². The van der Waals surface area contributed by atoms with Gasteiger partial charge in [-0.25, -0.2) is 0 Å². The summed E-state index contributed by atoms with van der Waals surface area (Å²) in [4.78, 5) is 23.2. The van der Waals surface area contributed by atoms with Gasteiger partial charge in [-0.1, -0.05) is 20.8 Å². The Bertz CT molecular complexity index is 326. The lowest BCUT2D eigenvalue weighted by atomic mass is 9.70. The Labute approximate surface area is 101 Å². The summed E-state index contributed by atoms with van der Waals surface area (Å²) < 4.78 is 5.20. The SMILES string of the molecule is CC(C)(C)C(C(=O)OC1CC1)[C@](C)(N)C(=O)O. The topological polar surface area (TPSA) is 89.6 Å². The molecule has 0 aliphatic heterocycles. The van der Waals surface area contributed by atoms with Crippen molar-refractivity contribution in [1.29, 1.82) is 0 Å². The second kappa shape index (κ2) is 4.29. The molecule has 1 unspecified atom stereocenters. The largest absolute Gasteiger partial charge is 0.480 e. The van der Waals surface area contributed by atoms with E-state index in [9.17, 15) is 9.59 Å². The molecule has 5 heteroatoms. The molecule has 0 bridgehead atoms. The van der Waals surface area contributed by atoms with Crippen LogP contribution in [0.2, 0.25) is 0 Å². The second-order valence-corrected chi connectivity index (χ2v) is 6.02. The van der Waals surface area contributed by atoms with E-state index in [0.29, 0.717) is 0 Å². The summed E-state index contributed by atoms with van der Waals surface area (Å²) in [6.07, 6.45) is 1.67. The van der Waals surface area contributed by atoms with E-state index in [0.717, 1.165) is 12.8 Å². The van der Waals surface area contributed by atoms with E-state index in [4.69, 9.17) is 15.6 Å². The number of nitrogens with two attached hydrogens (primary N) is 1. The smallest absolute Gasteiger partial charge is 0.324 e. The van der Waals surface area contributed by atoms with Gasteiger partial charge in [-0.05, 0) is 25.2 Å². The minimum Gasteiger partial charge on any atom is -0.480 e. The van der Waals surface area contributed by atoms with Crippen LogP contribution in [0.15, 0.2) is 0 Å². The molecule has 1 aliphatic rings. The maximum atomic E-state index is 12.0. The van der Waals surface area contributed by atoms with Gasteiger partial charge in [-0.3, -0.25) is 9.59 Å². The van der Waals surface area contributed by atoms with Crippen molar-refractivity contribution in [3.63, 3.8) is 0 Å². The first-order chi connectivity index (χ1) is 7.56. The summed E-state index contributed by atoms with van der Waals surface area (Å²) in [5, 5.41) is 9.14. The van der Waals surface area contributed by atoms with Crippen LogP contribution in [0, 0.1) is 11.3 Å². The van der Waals surface area contributed by atoms with Gasteiger partial charge >= 0.3 is 11.9 Å². The third kappa shape index (κ3) is 3.19. The molecule has 1 rings (SSSR count). The van der Waals surface area contributed by atoms with Gasteiger partial charge in [-0.15, -0.1) is 0 Å². The summed E-state index contributed by atoms with van der Waals surface area (Å²) in [5.41, 5.74) is 3.60. The van der Waals surface area contributed by atoms with Gasteiger partial charge < -0.3 is 15.6 Å². The first-order valence-electron chi connectivity index (χ1n) is 5.79. The van der Waals surface area contributed by atoms with Crippen molar-refractivity contribution in [3.05, 3.63) is 0 Å². The first-order valence-corrected chi connectivity index (χ1v) is 5.79. The van der Waals surface area contributed by atoms with Crippen molar-refractivity contribution in [2.45, 2.75) is 52.2 Å². The van der Waals surface area contributed by atoms with Gasteiger partial charge in [-0.2, -0.15) is 0 Å². The quantitative estimate of drug-likeness (QED) is 0.723. The molecule has 0 heterocycles. The van der Waals surface area contributed by atoms with E-state index in [2.05, 4.69) is 0 Å². The van der Waals surface area contributed by atoms with Gasteiger partial charge in [0.05, 0.1) is 5.92 Å². The minimum absolute atomic E-state index is 0.0445. The van der Waals surface area contributed by atoms with Crippen LogP contribution in [-0.2, 0) is 14.3 Å². The Morgan fingerprint density at radius 3 is 2.06 bits per heavy atom. The maximum Gasteiger partial charge on any atom is 0.324 e. The minimum atomic E-state index is -1.62. The van der Waals surface area contributed by atoms with E-state index >= 15 is 0 Å². The van der Waals surface area contributed by atoms with Crippen LogP contribution in [0.5, 0.6) is 0 Å². The highest BCUT2D eigenvalue weighted by atomic mass is 16.5. The number of ether oxygens (including phenoxy) is 1. The average Bonchev–Trinajstić information content (AvgIpc) is 2.83. The Hall–Kier alpha value is -1.10. The van der Waals surface area contributed by atoms with E-state index in [1.54, 1.807) is 20.8 Å². The summed E-state index contributed by atoms with van der Waals surface area (Å²) >= 11 is 0. The molecule has 0 aromatic heterocycles. The number of rotatable bonds is 4. The average molecular weight is 243 g/mol. The first kappa shape index (κ1) is 14.0. The summed E-state index contributed by atoms with van der Waals surface area (Å²) in [6, 6.07) is 0. The number of hydrogen-bond acceptors (Lipinski definition) is 4. The highest BCUT2D eigenvalue weighted by Gasteiger charge is 2.50. The summed E-state index contributed by atoms with van der Waals surface area (Å²) in [6.45, 7) is 6.74. The lowest BCUT2D eigenvalue weighted by Gasteiger charge is -2.37. The third-order valence-electron chi connectivity index (χ3n) is 2.97. The number of carboxylic acids is 1.